The van der Waals surface area contributed by atoms with Crippen LogP contribution in [-0.4, -0.2) is 12.1 Å². The van der Waals surface area contributed by atoms with Crippen LogP contribution in [0.15, 0.2) is 27.7 Å². The van der Waals surface area contributed by atoms with Crippen molar-refractivity contribution < 1.29 is 4.79 Å². The van der Waals surface area contributed by atoms with E-state index in [1.807, 2.05) is 0 Å². The molecule has 0 amide bonds. The van der Waals surface area contributed by atoms with E-state index in [2.05, 4.69) is 39.1 Å². The monoisotopic (exact) mass is 251 g/mol. The molecule has 1 unspecified atom stereocenters. The summed E-state index contributed by atoms with van der Waals surface area (Å²) in [6.45, 7) is 0. The summed E-state index contributed by atoms with van der Waals surface area (Å²) in [5, 5.41) is 0. The minimum Gasteiger partial charge on any atom is -0.211 e. The van der Waals surface area contributed by atoms with Gasteiger partial charge in [0.1, 0.15) is 0 Å². The Kier molecular flexibility index (Phi) is 2.80. The first-order valence-electron chi connectivity index (χ1n) is 4.64. The number of rotatable bonds is 1. The van der Waals surface area contributed by atoms with Gasteiger partial charge in [-0.1, -0.05) is 22.0 Å². The van der Waals surface area contributed by atoms with E-state index in [4.69, 9.17) is 0 Å². The molecule has 0 bridgehead atoms. The van der Waals surface area contributed by atoms with Crippen LogP contribution in [0.4, 0.5) is 0 Å². The Morgan fingerprint density at radius 1 is 1.43 bits per heavy atom. The number of halogens is 1. The molecule has 0 heterocycles. The highest BCUT2D eigenvalue weighted by Gasteiger charge is 2.17. The molecule has 0 saturated heterocycles. The number of carbonyl (C=O) groups excluding carboxylic acids is 1. The van der Waals surface area contributed by atoms with Crippen LogP contribution in [0.1, 0.15) is 17.5 Å². The first-order chi connectivity index (χ1) is 6.79. The first kappa shape index (κ1) is 9.63. The van der Waals surface area contributed by atoms with Crippen LogP contribution in [0.25, 0.3) is 0 Å². The molecule has 1 atom stereocenters. The Bertz CT molecular complexity index is 396. The van der Waals surface area contributed by atoms with E-state index < -0.39 is 0 Å². The second-order valence-corrected chi connectivity index (χ2v) is 4.45. The third kappa shape index (κ3) is 1.94. The Morgan fingerprint density at radius 3 is 3.07 bits per heavy atom. The maximum Gasteiger partial charge on any atom is 0.235 e. The normalized spacial score (nSPS) is 19.6. The molecule has 14 heavy (non-hydrogen) atoms. The molecule has 0 spiro atoms. The Hall–Kier alpha value is -0.920. The molecular formula is C11H10BrNO. The van der Waals surface area contributed by atoms with Crippen molar-refractivity contribution in [2.24, 2.45) is 4.99 Å². The van der Waals surface area contributed by atoms with Crippen molar-refractivity contribution in [2.75, 3.05) is 0 Å². The van der Waals surface area contributed by atoms with Crippen molar-refractivity contribution in [2.45, 2.75) is 25.3 Å². The molecule has 1 aliphatic carbocycles. The van der Waals surface area contributed by atoms with Crippen LogP contribution in [0, 0.1) is 0 Å². The third-order valence-electron chi connectivity index (χ3n) is 2.61. The largest absolute Gasteiger partial charge is 0.235 e. The van der Waals surface area contributed by atoms with Crippen LogP contribution in [0.3, 0.4) is 0 Å². The Balaban J connectivity index is 2.28. The fourth-order valence-electron chi connectivity index (χ4n) is 1.89. The fourth-order valence-corrected chi connectivity index (χ4v) is 2.30. The predicted octanol–water partition coefficient (Wildman–Crippen LogP) is 2.64. The number of aryl methyl sites for hydroxylation is 1. The van der Waals surface area contributed by atoms with Gasteiger partial charge in [0.05, 0.1) is 6.04 Å². The van der Waals surface area contributed by atoms with Gasteiger partial charge in [-0.25, -0.2) is 9.79 Å². The van der Waals surface area contributed by atoms with Crippen molar-refractivity contribution in [3.63, 3.8) is 0 Å². The summed E-state index contributed by atoms with van der Waals surface area (Å²) < 4.78 is 1.09. The number of aliphatic imine (C=N–C) groups is 1. The van der Waals surface area contributed by atoms with Crippen LogP contribution in [-0.2, 0) is 17.6 Å². The maximum absolute atomic E-state index is 10.2. The second kappa shape index (κ2) is 4.07. The quantitative estimate of drug-likeness (QED) is 0.558. The van der Waals surface area contributed by atoms with Gasteiger partial charge in [-0.3, -0.25) is 0 Å². The summed E-state index contributed by atoms with van der Waals surface area (Å²) in [6, 6.07) is 6.44. The van der Waals surface area contributed by atoms with Gasteiger partial charge in [0.15, 0.2) is 0 Å². The predicted molar refractivity (Wildman–Crippen MR) is 58.1 cm³/mol. The molecule has 0 radical (unpaired) electrons. The average molecular weight is 252 g/mol. The van der Waals surface area contributed by atoms with Crippen LogP contribution >= 0.6 is 15.9 Å². The van der Waals surface area contributed by atoms with Gasteiger partial charge >= 0.3 is 0 Å². The lowest BCUT2D eigenvalue weighted by molar-refractivity contribution is 0.539. The highest BCUT2D eigenvalue weighted by molar-refractivity contribution is 9.10. The minimum absolute atomic E-state index is 0.134. The second-order valence-electron chi connectivity index (χ2n) is 3.53. The van der Waals surface area contributed by atoms with E-state index in [9.17, 15) is 4.79 Å². The van der Waals surface area contributed by atoms with E-state index in [-0.39, 0.29) is 6.04 Å². The van der Waals surface area contributed by atoms with Gasteiger partial charge in [-0.05, 0) is 42.5 Å². The summed E-state index contributed by atoms with van der Waals surface area (Å²) in [5.74, 6) is 0. The zero-order valence-corrected chi connectivity index (χ0v) is 9.25. The molecule has 0 N–H and O–H groups in total. The molecule has 72 valence electrons. The number of hydrogen-bond acceptors (Lipinski definition) is 2. The lowest BCUT2D eigenvalue weighted by Crippen LogP contribution is -2.17. The first-order valence-corrected chi connectivity index (χ1v) is 5.43. The Morgan fingerprint density at radius 2 is 2.29 bits per heavy atom. The zero-order chi connectivity index (χ0) is 9.97. The smallest absolute Gasteiger partial charge is 0.211 e. The van der Waals surface area contributed by atoms with E-state index in [0.29, 0.717) is 0 Å². The summed E-state index contributed by atoms with van der Waals surface area (Å²) in [7, 11) is 0. The molecule has 2 rings (SSSR count). The Labute approximate surface area is 91.2 Å². The van der Waals surface area contributed by atoms with Crippen molar-refractivity contribution in [3.05, 3.63) is 33.8 Å². The highest BCUT2D eigenvalue weighted by atomic mass is 79.9. The topological polar surface area (TPSA) is 29.4 Å². The van der Waals surface area contributed by atoms with Gasteiger partial charge in [-0.15, -0.1) is 0 Å². The molecule has 0 aliphatic heterocycles. The van der Waals surface area contributed by atoms with Gasteiger partial charge in [0.25, 0.3) is 0 Å². The number of isocyanates is 1. The van der Waals surface area contributed by atoms with Gasteiger partial charge in [-0.2, -0.15) is 0 Å². The highest BCUT2D eigenvalue weighted by Crippen LogP contribution is 2.25. The summed E-state index contributed by atoms with van der Waals surface area (Å²) in [5.41, 5.74) is 2.68. The fraction of sp³-hybridized carbons (Fsp3) is 0.364. The third-order valence-corrected chi connectivity index (χ3v) is 3.10. The van der Waals surface area contributed by atoms with Crippen molar-refractivity contribution in [1.29, 1.82) is 0 Å². The number of benzene rings is 1. The lowest BCUT2D eigenvalue weighted by atomic mass is 9.89. The molecule has 0 aromatic heterocycles. The van der Waals surface area contributed by atoms with Crippen LogP contribution in [0.5, 0.6) is 0 Å². The molecule has 3 heteroatoms. The molecule has 1 aromatic carbocycles. The summed E-state index contributed by atoms with van der Waals surface area (Å²) >= 11 is 3.44. The zero-order valence-electron chi connectivity index (χ0n) is 7.66. The molecule has 2 nitrogen and oxygen atoms in total. The van der Waals surface area contributed by atoms with E-state index in [1.54, 1.807) is 6.08 Å². The number of nitrogens with zero attached hydrogens (tertiary/aromatic N) is 1. The molecule has 1 aliphatic rings. The minimum atomic E-state index is 0.134. The van der Waals surface area contributed by atoms with E-state index in [1.165, 1.54) is 11.1 Å². The SMILES string of the molecule is O=C=NC1CCc2ccc(Br)cc2C1. The standard InChI is InChI=1S/C11H10BrNO/c12-10-3-1-8-2-4-11(13-7-14)6-9(8)5-10/h1,3,5,11H,2,4,6H2. The molecule has 1 aromatic rings. The molecule has 0 fully saturated rings. The molecular weight excluding hydrogens is 242 g/mol. The maximum atomic E-state index is 10.2. The molecule has 0 saturated carbocycles. The van der Waals surface area contributed by atoms with Gasteiger partial charge < -0.3 is 0 Å². The van der Waals surface area contributed by atoms with Gasteiger partial charge in [0.2, 0.25) is 6.08 Å². The van der Waals surface area contributed by atoms with E-state index in [0.717, 1.165) is 23.7 Å². The van der Waals surface area contributed by atoms with Gasteiger partial charge in [0, 0.05) is 4.47 Å². The van der Waals surface area contributed by atoms with E-state index >= 15 is 0 Å². The van der Waals surface area contributed by atoms with Crippen LogP contribution in [0.2, 0.25) is 0 Å². The van der Waals surface area contributed by atoms with Crippen molar-refractivity contribution >= 4 is 22.0 Å². The van der Waals surface area contributed by atoms with Crippen LogP contribution < -0.4 is 0 Å². The summed E-state index contributed by atoms with van der Waals surface area (Å²) in [4.78, 5) is 13.9. The lowest BCUT2D eigenvalue weighted by Gasteiger charge is -2.20. The number of hydrogen-bond donors (Lipinski definition) is 0. The summed E-state index contributed by atoms with van der Waals surface area (Å²) in [6.07, 6.45) is 4.49. The van der Waals surface area contributed by atoms with Crippen molar-refractivity contribution in [1.82, 2.24) is 0 Å². The van der Waals surface area contributed by atoms with Crippen molar-refractivity contribution in [3.8, 4) is 0 Å². The number of fused-ring (bicyclic) bond motifs is 1. The average Bonchev–Trinajstić information content (AvgIpc) is 2.17.